The molecule has 0 spiro atoms. The van der Waals surface area contributed by atoms with Gasteiger partial charge in [-0.05, 0) is 78.1 Å². The lowest BCUT2D eigenvalue weighted by Gasteiger charge is -2.47. The summed E-state index contributed by atoms with van der Waals surface area (Å²) in [6.07, 6.45) is 0.914. The Hall–Kier alpha value is -3.14. The highest BCUT2D eigenvalue weighted by Gasteiger charge is 2.53. The van der Waals surface area contributed by atoms with E-state index in [1.54, 1.807) is 20.8 Å². The highest BCUT2D eigenvalue weighted by Crippen LogP contribution is 2.40. The Balaban J connectivity index is 1.99. The number of ether oxygens (including phenoxy) is 6. The van der Waals surface area contributed by atoms with Gasteiger partial charge in [-0.2, -0.15) is 0 Å². The van der Waals surface area contributed by atoms with E-state index in [0.29, 0.717) is 17.7 Å². The molecule has 4 rings (SSSR count). The minimum atomic E-state index is -1.81. The van der Waals surface area contributed by atoms with Gasteiger partial charge in [-0.25, -0.2) is 4.99 Å². The topological polar surface area (TPSA) is 163 Å². The standard InChI is InChI=1S/C44H66N2O11/c1-12-34-44(8,51)40-28(4)36(45-35(47)25-52-11)26(2)22-43(7,54-24-32(23-53-40)20-16-19-31-17-14-13-15-18-31)39(29(5)37(48)30(6)41(50)56-34)57-42-38(49)33(46(9)10)21-27(3)55-42/h13-20,26-30,33-34,38-40,42,49,51H,12,21-25H2,1-11H3/b19-16+,32-20-,45-36?/t26?,27-,28?,29+,30-,33+,34-,38?,39?,40?,42+,43-,44-/m1/s1. The molecule has 0 aliphatic carbocycles. The minimum Gasteiger partial charge on any atom is -0.459 e. The second kappa shape index (κ2) is 20.2. The first-order chi connectivity index (χ1) is 26.8. The molecule has 3 aliphatic heterocycles. The summed E-state index contributed by atoms with van der Waals surface area (Å²) in [6, 6.07) is 9.50. The number of allylic oxidation sites excluding steroid dienone is 2. The molecule has 2 N–H and O–H groups in total. The van der Waals surface area contributed by atoms with Gasteiger partial charge < -0.3 is 43.5 Å². The number of hydrogen-bond donors (Lipinski definition) is 2. The number of cyclic esters (lactones) is 1. The van der Waals surface area contributed by atoms with Crippen molar-refractivity contribution in [2.24, 2.45) is 28.7 Å². The van der Waals surface area contributed by atoms with Crippen LogP contribution in [-0.4, -0.2) is 134 Å². The average Bonchev–Trinajstić information content (AvgIpc) is 3.17. The monoisotopic (exact) mass is 798 g/mol. The highest BCUT2D eigenvalue weighted by molar-refractivity contribution is 6.00. The summed E-state index contributed by atoms with van der Waals surface area (Å²) in [5, 5.41) is 24.1. The molecule has 1 aromatic rings. The molecule has 2 bridgehead atoms. The molecule has 0 saturated carbocycles. The fourth-order valence-electron chi connectivity index (χ4n) is 8.65. The number of fused-ring (bicyclic) bond motifs is 5. The van der Waals surface area contributed by atoms with Crippen LogP contribution in [0.5, 0.6) is 0 Å². The second-order valence-electron chi connectivity index (χ2n) is 16.8. The van der Waals surface area contributed by atoms with Crippen molar-refractivity contribution in [1.29, 1.82) is 0 Å². The van der Waals surface area contributed by atoms with Gasteiger partial charge in [-0.1, -0.05) is 76.3 Å². The number of esters is 1. The molecule has 318 valence electrons. The van der Waals surface area contributed by atoms with Crippen molar-refractivity contribution < 1.29 is 53.0 Å². The molecule has 13 atom stereocenters. The molecule has 13 nitrogen and oxygen atoms in total. The van der Waals surface area contributed by atoms with E-state index in [1.165, 1.54) is 14.0 Å². The number of nitrogens with zero attached hydrogens (tertiary/aromatic N) is 2. The van der Waals surface area contributed by atoms with E-state index >= 15 is 0 Å². The first-order valence-corrected chi connectivity index (χ1v) is 20.2. The van der Waals surface area contributed by atoms with Crippen LogP contribution in [0.2, 0.25) is 0 Å². The number of rotatable bonds is 8. The SMILES string of the molecule is CC[C@H]1OC(=O)[C@H](C)C(=O)[C@H](C)C(O[C@@H]2O[C@H](C)C[C@H](N(C)C)C2O)[C@@]2(C)CC(C)C(=NC(=O)COC)C(C)C(OC/C(=C/C=C/c3ccccc3)CO2)[C@]1(C)O. The summed E-state index contributed by atoms with van der Waals surface area (Å²) in [7, 11) is 5.17. The first kappa shape index (κ1) is 46.5. The zero-order valence-electron chi connectivity index (χ0n) is 35.7. The Bertz CT molecular complexity index is 1610. The molecular formula is C44H66N2O11. The van der Waals surface area contributed by atoms with Crippen LogP contribution in [0, 0.1) is 23.7 Å². The van der Waals surface area contributed by atoms with Gasteiger partial charge in [-0.15, -0.1) is 0 Å². The number of ketones is 1. The number of amides is 1. The second-order valence-corrected chi connectivity index (χ2v) is 16.8. The number of aliphatic imine (C=N–C) groups is 1. The van der Waals surface area contributed by atoms with E-state index in [4.69, 9.17) is 28.4 Å². The zero-order chi connectivity index (χ0) is 42.2. The van der Waals surface area contributed by atoms with Gasteiger partial charge in [-0.3, -0.25) is 14.4 Å². The molecule has 3 aliphatic rings. The molecule has 3 saturated heterocycles. The third kappa shape index (κ3) is 11.3. The lowest BCUT2D eigenvalue weighted by molar-refractivity contribution is -0.296. The van der Waals surface area contributed by atoms with Gasteiger partial charge >= 0.3 is 5.97 Å². The number of carbonyl (C=O) groups is 3. The number of carbonyl (C=O) groups excluding carboxylic acids is 3. The van der Waals surface area contributed by atoms with Crippen LogP contribution >= 0.6 is 0 Å². The van der Waals surface area contributed by atoms with Crippen LogP contribution in [0.25, 0.3) is 6.08 Å². The van der Waals surface area contributed by atoms with Crippen LogP contribution < -0.4 is 0 Å². The van der Waals surface area contributed by atoms with Crippen molar-refractivity contribution in [1.82, 2.24) is 4.90 Å². The summed E-state index contributed by atoms with van der Waals surface area (Å²) < 4.78 is 37.9. The van der Waals surface area contributed by atoms with Gasteiger partial charge in [0.25, 0.3) is 5.91 Å². The van der Waals surface area contributed by atoms with Crippen LogP contribution in [-0.2, 0) is 42.8 Å². The molecule has 5 unspecified atom stereocenters. The van der Waals surface area contributed by atoms with E-state index < -0.39 is 83.2 Å². The van der Waals surface area contributed by atoms with Gasteiger partial charge in [0.2, 0.25) is 0 Å². The summed E-state index contributed by atoms with van der Waals surface area (Å²) in [4.78, 5) is 48.1. The van der Waals surface area contributed by atoms with E-state index in [2.05, 4.69) is 4.99 Å². The molecular weight excluding hydrogens is 732 g/mol. The Labute approximate surface area is 338 Å². The van der Waals surface area contributed by atoms with Crippen LogP contribution in [0.1, 0.15) is 80.2 Å². The molecule has 57 heavy (non-hydrogen) atoms. The number of hydrogen-bond acceptors (Lipinski definition) is 12. The molecule has 3 heterocycles. The third-order valence-corrected chi connectivity index (χ3v) is 11.8. The number of aliphatic hydroxyl groups excluding tert-OH is 1. The first-order valence-electron chi connectivity index (χ1n) is 20.2. The predicted octanol–water partition coefficient (Wildman–Crippen LogP) is 4.82. The lowest BCUT2D eigenvalue weighted by atomic mass is 9.73. The molecule has 3 fully saturated rings. The van der Waals surface area contributed by atoms with Crippen LogP contribution in [0.15, 0.2) is 53.0 Å². The van der Waals surface area contributed by atoms with Crippen molar-refractivity contribution >= 4 is 29.4 Å². The number of methoxy groups -OCH3 is 1. The van der Waals surface area contributed by atoms with Crippen molar-refractivity contribution in [3.63, 3.8) is 0 Å². The highest BCUT2D eigenvalue weighted by atomic mass is 16.7. The fraction of sp³-hybridized carbons (Fsp3) is 0.682. The predicted molar refractivity (Wildman–Crippen MR) is 216 cm³/mol. The molecule has 0 radical (unpaired) electrons. The number of likely N-dealkylation sites (N-methyl/N-ethyl adjacent to an activating group) is 1. The fourth-order valence-corrected chi connectivity index (χ4v) is 8.65. The largest absolute Gasteiger partial charge is 0.459 e. The average molecular weight is 799 g/mol. The summed E-state index contributed by atoms with van der Waals surface area (Å²) >= 11 is 0. The number of Topliss-reactive ketones (excluding diaryl/α,β-unsaturated/α-hetero) is 1. The number of benzene rings is 1. The summed E-state index contributed by atoms with van der Waals surface area (Å²) in [6.45, 7) is 13.7. The van der Waals surface area contributed by atoms with Crippen molar-refractivity contribution in [2.45, 2.75) is 129 Å². The minimum absolute atomic E-state index is 0.0126. The maximum Gasteiger partial charge on any atom is 0.316 e. The van der Waals surface area contributed by atoms with Gasteiger partial charge in [0.15, 0.2) is 12.1 Å². The molecule has 1 amide bonds. The van der Waals surface area contributed by atoms with Crippen LogP contribution in [0.4, 0.5) is 0 Å². The Morgan fingerprint density at radius 2 is 1.74 bits per heavy atom. The van der Waals surface area contributed by atoms with E-state index in [-0.39, 0.29) is 44.8 Å². The van der Waals surface area contributed by atoms with E-state index in [0.717, 1.165) is 5.56 Å². The smallest absolute Gasteiger partial charge is 0.316 e. The van der Waals surface area contributed by atoms with Crippen molar-refractivity contribution in [2.75, 3.05) is 41.0 Å². The molecule has 1 aromatic carbocycles. The van der Waals surface area contributed by atoms with Crippen molar-refractivity contribution in [3.05, 3.63) is 53.6 Å². The Morgan fingerprint density at radius 3 is 2.37 bits per heavy atom. The maximum atomic E-state index is 14.5. The quantitative estimate of drug-likeness (QED) is 0.273. The van der Waals surface area contributed by atoms with Gasteiger partial charge in [0, 0.05) is 30.7 Å². The zero-order valence-corrected chi connectivity index (χ0v) is 35.7. The van der Waals surface area contributed by atoms with Gasteiger partial charge in [0.1, 0.15) is 30.3 Å². The maximum absolute atomic E-state index is 14.5. The molecule has 13 heteroatoms. The van der Waals surface area contributed by atoms with Gasteiger partial charge in [0.05, 0.1) is 37.1 Å². The summed E-state index contributed by atoms with van der Waals surface area (Å²) in [5.41, 5.74) is -1.05. The summed E-state index contributed by atoms with van der Waals surface area (Å²) in [5.74, 6) is -5.25. The number of aliphatic hydroxyl groups is 2. The van der Waals surface area contributed by atoms with E-state index in [1.807, 2.05) is 95.3 Å². The van der Waals surface area contributed by atoms with Crippen LogP contribution in [0.3, 0.4) is 0 Å². The Morgan fingerprint density at radius 1 is 1.05 bits per heavy atom. The van der Waals surface area contributed by atoms with E-state index in [9.17, 15) is 24.6 Å². The normalized spacial score (nSPS) is 39.2. The Kier molecular flexibility index (Phi) is 16.5. The molecule has 0 aromatic heterocycles. The lowest BCUT2D eigenvalue weighted by Crippen LogP contribution is -2.60. The van der Waals surface area contributed by atoms with Crippen molar-refractivity contribution in [3.8, 4) is 0 Å². The third-order valence-electron chi connectivity index (χ3n) is 11.8.